The fourth-order valence-corrected chi connectivity index (χ4v) is 3.50. The van der Waals surface area contributed by atoms with Gasteiger partial charge in [0.15, 0.2) is 10.4 Å². The number of hydrogen-bond acceptors (Lipinski definition) is 3. The zero-order valence-electron chi connectivity index (χ0n) is 13.9. The molecular weight excluding hydrogens is 368 g/mol. The summed E-state index contributed by atoms with van der Waals surface area (Å²) in [5.74, 6) is 0.165. The second-order valence-corrected chi connectivity index (χ2v) is 7.12. The molecule has 2 aromatic rings. The maximum absolute atomic E-state index is 12.3. The van der Waals surface area contributed by atoms with Crippen molar-refractivity contribution in [3.8, 4) is 0 Å². The van der Waals surface area contributed by atoms with E-state index >= 15 is 0 Å². The van der Waals surface area contributed by atoms with Crippen LogP contribution in [0.15, 0.2) is 45.5 Å². The molecule has 1 atom stereocenters. The summed E-state index contributed by atoms with van der Waals surface area (Å²) in [5, 5.41) is 3.03. The van der Waals surface area contributed by atoms with Crippen LogP contribution in [0.2, 0.25) is 0 Å². The number of nitrogens with zero attached hydrogens (tertiary/aromatic N) is 1. The molecule has 3 rings (SSSR count). The van der Waals surface area contributed by atoms with Gasteiger partial charge in [-0.1, -0.05) is 36.2 Å². The van der Waals surface area contributed by atoms with E-state index in [-0.39, 0.29) is 11.9 Å². The number of hydrogen-bond donors (Lipinski definition) is 1. The van der Waals surface area contributed by atoms with Gasteiger partial charge in [0.1, 0.15) is 0 Å². The van der Waals surface area contributed by atoms with Gasteiger partial charge < -0.3 is 9.73 Å². The third-order valence-corrected chi connectivity index (χ3v) is 4.97. The van der Waals surface area contributed by atoms with E-state index in [2.05, 4.69) is 57.3 Å². The Labute approximate surface area is 151 Å². The van der Waals surface area contributed by atoms with Gasteiger partial charge in [-0.25, -0.2) is 0 Å². The largest absolute Gasteiger partial charge is 0.444 e. The summed E-state index contributed by atoms with van der Waals surface area (Å²) in [7, 11) is 0. The first-order valence-corrected chi connectivity index (χ1v) is 9.27. The second kappa shape index (κ2) is 7.99. The summed E-state index contributed by atoms with van der Waals surface area (Å²) in [6.07, 6.45) is 3.74. The number of halogens is 1. The Morgan fingerprint density at radius 3 is 2.50 bits per heavy atom. The van der Waals surface area contributed by atoms with E-state index < -0.39 is 0 Å². The summed E-state index contributed by atoms with van der Waals surface area (Å²) in [6, 6.07) is 12.2. The minimum Gasteiger partial charge on any atom is -0.444 e. The molecule has 24 heavy (non-hydrogen) atoms. The second-order valence-electron chi connectivity index (χ2n) is 6.34. The van der Waals surface area contributed by atoms with Crippen molar-refractivity contribution < 1.29 is 9.21 Å². The number of nitrogens with one attached hydrogen (secondary N) is 1. The number of carbonyl (C=O) groups is 1. The quantitative estimate of drug-likeness (QED) is 0.826. The van der Waals surface area contributed by atoms with Crippen LogP contribution < -0.4 is 5.32 Å². The molecule has 1 N–H and O–H groups in total. The Bertz CT molecular complexity index is 675. The number of likely N-dealkylation sites (tertiary alicyclic amines) is 1. The number of amides is 1. The van der Waals surface area contributed by atoms with Crippen molar-refractivity contribution in [2.24, 2.45) is 0 Å². The van der Waals surface area contributed by atoms with Crippen LogP contribution in [-0.2, 0) is 0 Å². The first kappa shape index (κ1) is 17.2. The van der Waals surface area contributed by atoms with E-state index in [9.17, 15) is 4.79 Å². The summed E-state index contributed by atoms with van der Waals surface area (Å²) >= 11 is 3.23. The maximum Gasteiger partial charge on any atom is 0.287 e. The summed E-state index contributed by atoms with van der Waals surface area (Å²) in [5.41, 5.74) is 2.50. The molecule has 0 saturated carbocycles. The molecule has 1 fully saturated rings. The standard InChI is InChI=1S/C19H23BrN2O2/c1-14-5-7-15(8-6-14)16(22-11-3-2-4-12-22)13-21-19(23)17-9-10-18(20)24-17/h5-10,16H,2-4,11-13H2,1H3,(H,21,23). The number of carbonyl (C=O) groups excluding carboxylic acids is 1. The Balaban J connectivity index is 1.71. The molecule has 1 aromatic carbocycles. The zero-order chi connectivity index (χ0) is 16.9. The van der Waals surface area contributed by atoms with Crippen LogP contribution in [0.4, 0.5) is 0 Å². The topological polar surface area (TPSA) is 45.5 Å². The minimum absolute atomic E-state index is 0.171. The van der Waals surface area contributed by atoms with Crippen molar-refractivity contribution in [2.45, 2.75) is 32.2 Å². The average molecular weight is 391 g/mol. The van der Waals surface area contributed by atoms with Gasteiger partial charge in [-0.05, 0) is 66.5 Å². The number of piperidine rings is 1. The average Bonchev–Trinajstić information content (AvgIpc) is 3.04. The summed E-state index contributed by atoms with van der Waals surface area (Å²) in [4.78, 5) is 14.8. The highest BCUT2D eigenvalue weighted by atomic mass is 79.9. The number of rotatable bonds is 5. The Hall–Kier alpha value is -1.59. The van der Waals surface area contributed by atoms with E-state index in [0.29, 0.717) is 17.0 Å². The van der Waals surface area contributed by atoms with Gasteiger partial charge in [0.05, 0.1) is 6.04 Å². The smallest absolute Gasteiger partial charge is 0.287 e. The molecule has 1 aliphatic heterocycles. The lowest BCUT2D eigenvalue weighted by atomic mass is 10.0. The van der Waals surface area contributed by atoms with Crippen LogP contribution in [-0.4, -0.2) is 30.4 Å². The summed E-state index contributed by atoms with van der Waals surface area (Å²) in [6.45, 7) is 4.85. The van der Waals surface area contributed by atoms with Crippen molar-refractivity contribution in [1.29, 1.82) is 0 Å². The van der Waals surface area contributed by atoms with Crippen molar-refractivity contribution in [3.63, 3.8) is 0 Å². The van der Waals surface area contributed by atoms with Crippen LogP contribution in [0.25, 0.3) is 0 Å². The van der Waals surface area contributed by atoms with E-state index in [0.717, 1.165) is 13.1 Å². The highest BCUT2D eigenvalue weighted by Crippen LogP contribution is 2.25. The monoisotopic (exact) mass is 390 g/mol. The van der Waals surface area contributed by atoms with Gasteiger partial charge >= 0.3 is 0 Å². The van der Waals surface area contributed by atoms with E-state index in [1.165, 1.54) is 30.4 Å². The summed E-state index contributed by atoms with van der Waals surface area (Å²) < 4.78 is 5.90. The fourth-order valence-electron chi connectivity index (χ4n) is 3.19. The maximum atomic E-state index is 12.3. The van der Waals surface area contributed by atoms with Crippen LogP contribution in [0.5, 0.6) is 0 Å². The zero-order valence-corrected chi connectivity index (χ0v) is 15.5. The molecule has 4 nitrogen and oxygen atoms in total. The Kier molecular flexibility index (Phi) is 5.74. The molecule has 1 aromatic heterocycles. The van der Waals surface area contributed by atoms with E-state index in [4.69, 9.17) is 4.42 Å². The normalized spacial score (nSPS) is 16.8. The lowest BCUT2D eigenvalue weighted by Crippen LogP contribution is -2.40. The van der Waals surface area contributed by atoms with Crippen molar-refractivity contribution in [1.82, 2.24) is 10.2 Å². The lowest BCUT2D eigenvalue weighted by Gasteiger charge is -2.35. The predicted molar refractivity (Wildman–Crippen MR) is 98.1 cm³/mol. The lowest BCUT2D eigenvalue weighted by molar-refractivity contribution is 0.0896. The molecule has 1 unspecified atom stereocenters. The molecule has 0 radical (unpaired) electrons. The third-order valence-electron chi connectivity index (χ3n) is 4.55. The molecule has 0 bridgehead atoms. The molecule has 5 heteroatoms. The molecule has 1 aliphatic rings. The van der Waals surface area contributed by atoms with Gasteiger partial charge in [-0.2, -0.15) is 0 Å². The fraction of sp³-hybridized carbons (Fsp3) is 0.421. The Morgan fingerprint density at radius 1 is 1.17 bits per heavy atom. The highest BCUT2D eigenvalue weighted by molar-refractivity contribution is 9.10. The van der Waals surface area contributed by atoms with Crippen LogP contribution in [0.3, 0.4) is 0 Å². The number of benzene rings is 1. The van der Waals surface area contributed by atoms with Gasteiger partial charge in [0, 0.05) is 6.54 Å². The van der Waals surface area contributed by atoms with E-state index in [1.54, 1.807) is 12.1 Å². The van der Waals surface area contributed by atoms with Crippen LogP contribution in [0.1, 0.15) is 47.0 Å². The van der Waals surface area contributed by atoms with Crippen molar-refractivity contribution >= 4 is 21.8 Å². The first-order chi connectivity index (χ1) is 11.6. The van der Waals surface area contributed by atoms with Crippen molar-refractivity contribution in [3.05, 3.63) is 58.0 Å². The SMILES string of the molecule is Cc1ccc(C(CNC(=O)c2ccc(Br)o2)N2CCCCC2)cc1. The molecule has 128 valence electrons. The predicted octanol–water partition coefficient (Wildman–Crippen LogP) is 4.31. The van der Waals surface area contributed by atoms with Crippen molar-refractivity contribution in [2.75, 3.05) is 19.6 Å². The molecular formula is C19H23BrN2O2. The van der Waals surface area contributed by atoms with Gasteiger partial charge in [-0.3, -0.25) is 9.69 Å². The third kappa shape index (κ3) is 4.28. The molecule has 0 spiro atoms. The highest BCUT2D eigenvalue weighted by Gasteiger charge is 2.23. The van der Waals surface area contributed by atoms with E-state index in [1.807, 2.05) is 0 Å². The molecule has 1 amide bonds. The van der Waals surface area contributed by atoms with Crippen LogP contribution >= 0.6 is 15.9 Å². The Morgan fingerprint density at radius 2 is 1.88 bits per heavy atom. The minimum atomic E-state index is -0.171. The number of furan rings is 1. The number of aryl methyl sites for hydroxylation is 1. The van der Waals surface area contributed by atoms with Gasteiger partial charge in [0.25, 0.3) is 5.91 Å². The van der Waals surface area contributed by atoms with Crippen LogP contribution in [0, 0.1) is 6.92 Å². The van der Waals surface area contributed by atoms with Gasteiger partial charge in [0.2, 0.25) is 0 Å². The molecule has 1 saturated heterocycles. The first-order valence-electron chi connectivity index (χ1n) is 8.47. The van der Waals surface area contributed by atoms with Gasteiger partial charge in [-0.15, -0.1) is 0 Å². The molecule has 2 heterocycles. The molecule has 0 aliphatic carbocycles.